The van der Waals surface area contributed by atoms with Gasteiger partial charge in [0, 0.05) is 43.9 Å². The molecule has 2 heterocycles. The van der Waals surface area contributed by atoms with E-state index in [0.717, 1.165) is 18.9 Å². The van der Waals surface area contributed by atoms with E-state index < -0.39 is 0 Å². The number of amides is 1. The Morgan fingerprint density at radius 1 is 1.07 bits per heavy atom. The van der Waals surface area contributed by atoms with Crippen LogP contribution in [0.25, 0.3) is 0 Å². The first kappa shape index (κ1) is 19.7. The number of anilines is 2. The van der Waals surface area contributed by atoms with Crippen LogP contribution in [-0.4, -0.2) is 69.5 Å². The highest BCUT2D eigenvalue weighted by atomic mass is 16.5. The van der Waals surface area contributed by atoms with E-state index in [1.807, 2.05) is 6.07 Å². The Balaban J connectivity index is 1.50. The molecule has 0 spiro atoms. The van der Waals surface area contributed by atoms with Gasteiger partial charge < -0.3 is 29.7 Å². The number of carbonyl (C=O) groups excluding carboxylic acids is 1. The second-order valence-electron chi connectivity index (χ2n) is 6.14. The van der Waals surface area contributed by atoms with E-state index in [4.69, 9.17) is 14.2 Å². The van der Waals surface area contributed by atoms with Gasteiger partial charge in [-0.05, 0) is 12.1 Å². The lowest BCUT2D eigenvalue weighted by molar-refractivity contribution is 0.0954. The van der Waals surface area contributed by atoms with Gasteiger partial charge in [0.15, 0.2) is 0 Å². The lowest BCUT2D eigenvalue weighted by Crippen LogP contribution is -2.36. The topological polar surface area (TPSA) is 97.8 Å². The van der Waals surface area contributed by atoms with Crippen LogP contribution in [0.1, 0.15) is 10.4 Å². The molecule has 0 bridgehead atoms. The Kier molecular flexibility index (Phi) is 6.85. The summed E-state index contributed by atoms with van der Waals surface area (Å²) >= 11 is 0. The van der Waals surface area contributed by atoms with E-state index in [0.29, 0.717) is 49.2 Å². The summed E-state index contributed by atoms with van der Waals surface area (Å²) in [5, 5.41) is 6.07. The van der Waals surface area contributed by atoms with Crippen LogP contribution in [0, 0.1) is 0 Å². The summed E-state index contributed by atoms with van der Waals surface area (Å²) in [6, 6.07) is 6.97. The summed E-state index contributed by atoms with van der Waals surface area (Å²) in [5.74, 6) is 2.52. The number of ether oxygens (including phenoxy) is 3. The molecule has 1 fully saturated rings. The van der Waals surface area contributed by atoms with Crippen molar-refractivity contribution in [2.24, 2.45) is 0 Å². The number of rotatable bonds is 8. The molecular formula is C19H25N5O4. The molecule has 28 heavy (non-hydrogen) atoms. The zero-order chi connectivity index (χ0) is 19.8. The monoisotopic (exact) mass is 387 g/mol. The average Bonchev–Trinajstić information content (AvgIpc) is 2.77. The van der Waals surface area contributed by atoms with Crippen molar-refractivity contribution in [1.82, 2.24) is 15.3 Å². The molecule has 150 valence electrons. The second kappa shape index (κ2) is 9.75. The maximum absolute atomic E-state index is 12.4. The van der Waals surface area contributed by atoms with Gasteiger partial charge in [0.25, 0.3) is 5.91 Å². The molecule has 1 saturated heterocycles. The Morgan fingerprint density at radius 2 is 1.79 bits per heavy atom. The number of aromatic nitrogens is 2. The molecule has 0 unspecified atom stereocenters. The minimum Gasteiger partial charge on any atom is -0.497 e. The van der Waals surface area contributed by atoms with Crippen LogP contribution in [-0.2, 0) is 4.74 Å². The zero-order valence-electron chi connectivity index (χ0n) is 16.1. The lowest BCUT2D eigenvalue weighted by atomic mass is 10.2. The van der Waals surface area contributed by atoms with Crippen molar-refractivity contribution < 1.29 is 19.0 Å². The number of benzene rings is 1. The van der Waals surface area contributed by atoms with Crippen LogP contribution < -0.4 is 25.0 Å². The van der Waals surface area contributed by atoms with Gasteiger partial charge in [-0.25, -0.2) is 9.97 Å². The largest absolute Gasteiger partial charge is 0.497 e. The van der Waals surface area contributed by atoms with Gasteiger partial charge >= 0.3 is 0 Å². The molecule has 3 rings (SSSR count). The van der Waals surface area contributed by atoms with E-state index >= 15 is 0 Å². The summed E-state index contributed by atoms with van der Waals surface area (Å²) < 4.78 is 15.7. The fraction of sp³-hybridized carbons (Fsp3) is 0.421. The van der Waals surface area contributed by atoms with Crippen LogP contribution in [0.4, 0.5) is 11.6 Å². The molecule has 0 aliphatic carbocycles. The van der Waals surface area contributed by atoms with E-state index in [-0.39, 0.29) is 5.91 Å². The minimum atomic E-state index is -0.198. The lowest BCUT2D eigenvalue weighted by Gasteiger charge is -2.27. The first-order valence-electron chi connectivity index (χ1n) is 9.09. The molecule has 1 aromatic carbocycles. The van der Waals surface area contributed by atoms with Gasteiger partial charge in [-0.2, -0.15) is 0 Å². The number of nitrogens with one attached hydrogen (secondary N) is 2. The molecule has 1 aliphatic rings. The van der Waals surface area contributed by atoms with Crippen molar-refractivity contribution >= 4 is 17.5 Å². The number of methoxy groups -OCH3 is 2. The van der Waals surface area contributed by atoms with Crippen LogP contribution in [0.15, 0.2) is 30.6 Å². The minimum absolute atomic E-state index is 0.198. The van der Waals surface area contributed by atoms with Gasteiger partial charge in [-0.1, -0.05) is 0 Å². The predicted octanol–water partition coefficient (Wildman–Crippen LogP) is 1.17. The smallest absolute Gasteiger partial charge is 0.251 e. The van der Waals surface area contributed by atoms with Crippen LogP contribution in [0.3, 0.4) is 0 Å². The Bertz CT molecular complexity index is 773. The standard InChI is InChI=1S/C19H25N5O4/c1-26-15-9-14(10-16(11-15)27-2)19(25)21-4-3-20-17-12-18(23-13-22-17)24-5-7-28-8-6-24/h9-13H,3-8H2,1-2H3,(H,21,25)(H,20,22,23). The maximum Gasteiger partial charge on any atom is 0.251 e. The van der Waals surface area contributed by atoms with E-state index in [9.17, 15) is 4.79 Å². The SMILES string of the molecule is COc1cc(OC)cc(C(=O)NCCNc2cc(N3CCOCC3)ncn2)c1. The zero-order valence-corrected chi connectivity index (χ0v) is 16.1. The third kappa shape index (κ3) is 5.23. The predicted molar refractivity (Wildman–Crippen MR) is 105 cm³/mol. The molecule has 0 saturated carbocycles. The quantitative estimate of drug-likeness (QED) is 0.652. The molecule has 0 atom stereocenters. The van der Waals surface area contributed by atoms with Gasteiger partial charge in [-0.3, -0.25) is 4.79 Å². The summed E-state index contributed by atoms with van der Waals surface area (Å²) in [6.07, 6.45) is 1.54. The number of hydrogen-bond acceptors (Lipinski definition) is 8. The summed E-state index contributed by atoms with van der Waals surface area (Å²) in [7, 11) is 3.10. The highest BCUT2D eigenvalue weighted by Gasteiger charge is 2.13. The third-order valence-electron chi connectivity index (χ3n) is 4.32. The van der Waals surface area contributed by atoms with Crippen molar-refractivity contribution in [3.63, 3.8) is 0 Å². The van der Waals surface area contributed by atoms with Crippen LogP contribution >= 0.6 is 0 Å². The maximum atomic E-state index is 12.4. The first-order valence-corrected chi connectivity index (χ1v) is 9.09. The number of nitrogens with zero attached hydrogens (tertiary/aromatic N) is 3. The van der Waals surface area contributed by atoms with E-state index in [2.05, 4.69) is 25.5 Å². The Morgan fingerprint density at radius 3 is 2.46 bits per heavy atom. The molecule has 2 N–H and O–H groups in total. The molecule has 0 radical (unpaired) electrons. The first-order chi connectivity index (χ1) is 13.7. The van der Waals surface area contributed by atoms with Crippen LogP contribution in [0.2, 0.25) is 0 Å². The fourth-order valence-corrected chi connectivity index (χ4v) is 2.82. The Hall–Kier alpha value is -3.07. The number of carbonyl (C=O) groups is 1. The Labute approximate surface area is 164 Å². The van der Waals surface area contributed by atoms with E-state index in [1.54, 1.807) is 32.4 Å². The van der Waals surface area contributed by atoms with Crippen molar-refractivity contribution in [1.29, 1.82) is 0 Å². The molecule has 9 heteroatoms. The molecule has 2 aromatic rings. The molecule has 1 aromatic heterocycles. The van der Waals surface area contributed by atoms with Crippen molar-refractivity contribution in [3.8, 4) is 11.5 Å². The van der Waals surface area contributed by atoms with Crippen molar-refractivity contribution in [2.75, 3.05) is 63.8 Å². The number of hydrogen-bond donors (Lipinski definition) is 2. The van der Waals surface area contributed by atoms with E-state index in [1.165, 1.54) is 6.33 Å². The van der Waals surface area contributed by atoms with Crippen molar-refractivity contribution in [3.05, 3.63) is 36.2 Å². The summed E-state index contributed by atoms with van der Waals surface area (Å²) in [6.45, 7) is 4.01. The highest BCUT2D eigenvalue weighted by Crippen LogP contribution is 2.22. The third-order valence-corrected chi connectivity index (χ3v) is 4.32. The van der Waals surface area contributed by atoms with Gasteiger partial charge in [-0.15, -0.1) is 0 Å². The highest BCUT2D eigenvalue weighted by molar-refractivity contribution is 5.95. The normalized spacial score (nSPS) is 13.7. The van der Waals surface area contributed by atoms with Crippen LogP contribution in [0.5, 0.6) is 11.5 Å². The number of morpholine rings is 1. The summed E-state index contributed by atoms with van der Waals surface area (Å²) in [5.41, 5.74) is 0.479. The fourth-order valence-electron chi connectivity index (χ4n) is 2.82. The molecular weight excluding hydrogens is 362 g/mol. The molecule has 1 amide bonds. The van der Waals surface area contributed by atoms with Crippen molar-refractivity contribution in [2.45, 2.75) is 0 Å². The van der Waals surface area contributed by atoms with Gasteiger partial charge in [0.2, 0.25) is 0 Å². The van der Waals surface area contributed by atoms with Gasteiger partial charge in [0.05, 0.1) is 27.4 Å². The second-order valence-corrected chi connectivity index (χ2v) is 6.14. The molecule has 9 nitrogen and oxygen atoms in total. The van der Waals surface area contributed by atoms with Gasteiger partial charge in [0.1, 0.15) is 29.5 Å². The average molecular weight is 387 g/mol. The summed E-state index contributed by atoms with van der Waals surface area (Å²) in [4.78, 5) is 23.1. The molecule has 1 aliphatic heterocycles.